The molecule has 0 aromatic carbocycles. The van der Waals surface area contributed by atoms with Gasteiger partial charge in [0.1, 0.15) is 0 Å². The van der Waals surface area contributed by atoms with Crippen molar-refractivity contribution in [3.8, 4) is 10.8 Å². The molecule has 2 aromatic rings. The highest BCUT2D eigenvalue weighted by Crippen LogP contribution is 2.27. The van der Waals surface area contributed by atoms with Crippen LogP contribution in [0.1, 0.15) is 6.92 Å². The second-order valence-electron chi connectivity index (χ2n) is 3.72. The maximum absolute atomic E-state index is 10.7. The summed E-state index contributed by atoms with van der Waals surface area (Å²) in [5.74, 6) is -0.954. The van der Waals surface area contributed by atoms with Crippen molar-refractivity contribution < 1.29 is 19.4 Å². The number of hydrogen-bond acceptors (Lipinski definition) is 7. The summed E-state index contributed by atoms with van der Waals surface area (Å²) >= 11 is 2.48. The van der Waals surface area contributed by atoms with Gasteiger partial charge in [-0.3, -0.25) is 0 Å². The first-order valence-electron chi connectivity index (χ1n) is 4.95. The van der Waals surface area contributed by atoms with Crippen molar-refractivity contribution in [2.75, 3.05) is 5.75 Å². The van der Waals surface area contributed by atoms with Crippen molar-refractivity contribution >= 4 is 29.1 Å². The Morgan fingerprint density at radius 3 is 3.00 bits per heavy atom. The van der Waals surface area contributed by atoms with E-state index in [-0.39, 0.29) is 11.0 Å². The average molecular weight is 286 g/mol. The van der Waals surface area contributed by atoms with Crippen molar-refractivity contribution in [1.82, 2.24) is 10.2 Å². The molecule has 1 atom stereocenters. The lowest BCUT2D eigenvalue weighted by Gasteiger charge is -2.15. The number of nitrogens with zero attached hydrogens (tertiary/aromatic N) is 2. The van der Waals surface area contributed by atoms with Gasteiger partial charge in [-0.25, -0.2) is 4.79 Å². The highest BCUT2D eigenvalue weighted by molar-refractivity contribution is 7.99. The molecule has 0 spiro atoms. The fourth-order valence-electron chi connectivity index (χ4n) is 1.03. The molecule has 2 rings (SSSR count). The molecule has 0 radical (unpaired) electrons. The molecule has 2 N–H and O–H groups in total. The summed E-state index contributed by atoms with van der Waals surface area (Å²) in [6.07, 6.45) is 0. The summed E-state index contributed by atoms with van der Waals surface area (Å²) in [6, 6.07) is 3.71. The predicted octanol–water partition coefficient (Wildman–Crippen LogP) is 1.73. The van der Waals surface area contributed by atoms with Crippen LogP contribution >= 0.6 is 23.1 Å². The molecule has 0 aliphatic heterocycles. The van der Waals surface area contributed by atoms with Gasteiger partial charge in [-0.2, -0.15) is 0 Å². The molecule has 0 saturated carbocycles. The van der Waals surface area contributed by atoms with Gasteiger partial charge in [-0.05, 0) is 18.4 Å². The molecule has 0 saturated heterocycles. The van der Waals surface area contributed by atoms with Crippen LogP contribution in [0.25, 0.3) is 10.8 Å². The summed E-state index contributed by atoms with van der Waals surface area (Å²) in [5.41, 5.74) is -1.82. The number of carbonyl (C=O) groups is 1. The Hall–Kier alpha value is -1.38. The topological polar surface area (TPSA) is 96.5 Å². The van der Waals surface area contributed by atoms with Gasteiger partial charge in [-0.1, -0.05) is 17.8 Å². The minimum absolute atomic E-state index is 0.0611. The average Bonchev–Trinajstić information content (AvgIpc) is 2.97. The molecule has 0 amide bonds. The normalized spacial score (nSPS) is 14.3. The molecule has 1 unspecified atom stereocenters. The molecular weight excluding hydrogens is 276 g/mol. The van der Waals surface area contributed by atoms with Crippen LogP contribution in [0.5, 0.6) is 0 Å². The van der Waals surface area contributed by atoms with E-state index in [1.165, 1.54) is 18.3 Å². The van der Waals surface area contributed by atoms with Gasteiger partial charge in [0.2, 0.25) is 0 Å². The number of aliphatic carboxylic acids is 1. The van der Waals surface area contributed by atoms with E-state index >= 15 is 0 Å². The number of rotatable bonds is 5. The predicted molar refractivity (Wildman–Crippen MR) is 66.6 cm³/mol. The van der Waals surface area contributed by atoms with Crippen molar-refractivity contribution in [3.05, 3.63) is 17.5 Å². The van der Waals surface area contributed by atoms with E-state index < -0.39 is 11.6 Å². The molecule has 0 bridgehead atoms. The molecule has 18 heavy (non-hydrogen) atoms. The number of thioether (sulfide) groups is 1. The molecule has 0 aliphatic carbocycles. The van der Waals surface area contributed by atoms with E-state index in [1.807, 2.05) is 17.5 Å². The van der Waals surface area contributed by atoms with Crippen molar-refractivity contribution in [3.63, 3.8) is 0 Å². The highest BCUT2D eigenvalue weighted by Gasteiger charge is 2.30. The zero-order valence-electron chi connectivity index (χ0n) is 9.36. The van der Waals surface area contributed by atoms with Crippen molar-refractivity contribution in [2.24, 2.45) is 0 Å². The zero-order chi connectivity index (χ0) is 13.2. The molecule has 8 heteroatoms. The summed E-state index contributed by atoms with van der Waals surface area (Å²) in [6.45, 7) is 1.22. The van der Waals surface area contributed by atoms with Crippen LogP contribution in [0.2, 0.25) is 0 Å². The van der Waals surface area contributed by atoms with Crippen molar-refractivity contribution in [2.45, 2.75) is 17.7 Å². The Labute approximate surface area is 111 Å². The van der Waals surface area contributed by atoms with Crippen LogP contribution in [0.4, 0.5) is 0 Å². The molecule has 2 aromatic heterocycles. The maximum Gasteiger partial charge on any atom is 0.336 e. The van der Waals surface area contributed by atoms with Gasteiger partial charge in [0.25, 0.3) is 11.1 Å². The zero-order valence-corrected chi connectivity index (χ0v) is 11.0. The first-order chi connectivity index (χ1) is 8.49. The van der Waals surface area contributed by atoms with Crippen LogP contribution in [0, 0.1) is 0 Å². The molecule has 96 valence electrons. The monoisotopic (exact) mass is 286 g/mol. The summed E-state index contributed by atoms with van der Waals surface area (Å²) in [5, 5.41) is 28.0. The molecule has 0 fully saturated rings. The van der Waals surface area contributed by atoms with Crippen molar-refractivity contribution in [1.29, 1.82) is 0 Å². The van der Waals surface area contributed by atoms with E-state index in [9.17, 15) is 9.90 Å². The third-order valence-corrected chi connectivity index (χ3v) is 4.05. The Kier molecular flexibility index (Phi) is 3.69. The number of carboxylic acids is 1. The smallest absolute Gasteiger partial charge is 0.336 e. The summed E-state index contributed by atoms with van der Waals surface area (Å²) < 4.78 is 5.35. The van der Waals surface area contributed by atoms with Gasteiger partial charge in [-0.15, -0.1) is 21.5 Å². The molecular formula is C10H10N2O4S2. The quantitative estimate of drug-likeness (QED) is 0.808. The Balaban J connectivity index is 2.02. The van der Waals surface area contributed by atoms with E-state index in [0.717, 1.165) is 16.6 Å². The summed E-state index contributed by atoms with van der Waals surface area (Å²) in [4.78, 5) is 11.6. The van der Waals surface area contributed by atoms with Crippen LogP contribution in [0.15, 0.2) is 27.2 Å². The number of carboxylic acid groups (broad SMARTS) is 1. The fraction of sp³-hybridized carbons (Fsp3) is 0.300. The lowest BCUT2D eigenvalue weighted by Crippen LogP contribution is -2.37. The van der Waals surface area contributed by atoms with Gasteiger partial charge >= 0.3 is 5.97 Å². The van der Waals surface area contributed by atoms with E-state index in [2.05, 4.69) is 10.2 Å². The standard InChI is InChI=1S/C10H10N2O4S2/c1-10(15,8(13)14)5-18-9-12-11-7(16-9)6-3-2-4-17-6/h2-4,15H,5H2,1H3,(H,13,14). The third-order valence-electron chi connectivity index (χ3n) is 2.08. The number of thiophene rings is 1. The van der Waals surface area contributed by atoms with E-state index in [0.29, 0.717) is 5.89 Å². The van der Waals surface area contributed by atoms with Crippen LogP contribution in [-0.4, -0.2) is 37.7 Å². The molecule has 6 nitrogen and oxygen atoms in total. The van der Waals surface area contributed by atoms with Gasteiger partial charge < -0.3 is 14.6 Å². The molecule has 2 heterocycles. The largest absolute Gasteiger partial charge is 0.479 e. The second kappa shape index (κ2) is 5.09. The second-order valence-corrected chi connectivity index (χ2v) is 5.59. The number of aliphatic hydroxyl groups is 1. The van der Waals surface area contributed by atoms with Crippen LogP contribution in [-0.2, 0) is 4.79 Å². The lowest BCUT2D eigenvalue weighted by atomic mass is 10.1. The van der Waals surface area contributed by atoms with E-state index in [1.54, 1.807) is 0 Å². The summed E-state index contributed by atoms with van der Waals surface area (Å²) in [7, 11) is 0. The Morgan fingerprint density at radius 1 is 1.61 bits per heavy atom. The lowest BCUT2D eigenvalue weighted by molar-refractivity contribution is -0.154. The van der Waals surface area contributed by atoms with Gasteiger partial charge in [0, 0.05) is 5.75 Å². The van der Waals surface area contributed by atoms with E-state index in [4.69, 9.17) is 9.52 Å². The maximum atomic E-state index is 10.7. The van der Waals surface area contributed by atoms with Gasteiger partial charge in [0.15, 0.2) is 5.60 Å². The third kappa shape index (κ3) is 2.89. The minimum Gasteiger partial charge on any atom is -0.479 e. The number of aromatic nitrogens is 2. The SMILES string of the molecule is CC(O)(CSc1nnc(-c2cccs2)o1)C(=O)O. The van der Waals surface area contributed by atoms with Crippen LogP contribution in [0.3, 0.4) is 0 Å². The number of hydrogen-bond donors (Lipinski definition) is 2. The Morgan fingerprint density at radius 2 is 2.39 bits per heavy atom. The Bertz CT molecular complexity index is 536. The first-order valence-corrected chi connectivity index (χ1v) is 6.81. The van der Waals surface area contributed by atoms with Gasteiger partial charge in [0.05, 0.1) is 4.88 Å². The van der Waals surface area contributed by atoms with Crippen LogP contribution < -0.4 is 0 Å². The minimum atomic E-state index is -1.82. The highest BCUT2D eigenvalue weighted by atomic mass is 32.2. The first kappa shape index (κ1) is 13.1. The molecule has 0 aliphatic rings. The fourth-order valence-corrected chi connectivity index (χ4v) is 2.44.